The van der Waals surface area contributed by atoms with E-state index in [1.165, 1.54) is 12.8 Å². The largest absolute Gasteiger partial charge is 0.354 e. The van der Waals surface area contributed by atoms with Crippen molar-refractivity contribution in [2.24, 2.45) is 11.7 Å². The van der Waals surface area contributed by atoms with Gasteiger partial charge in [0.05, 0.1) is 5.54 Å². The molecule has 114 valence electrons. The topological polar surface area (TPSA) is 58.4 Å². The van der Waals surface area contributed by atoms with Gasteiger partial charge in [-0.25, -0.2) is 0 Å². The second kappa shape index (κ2) is 8.30. The Kier molecular flexibility index (Phi) is 8.29. The molecule has 1 heterocycles. The summed E-state index contributed by atoms with van der Waals surface area (Å²) in [7, 11) is 2.15. The van der Waals surface area contributed by atoms with Crippen molar-refractivity contribution in [1.82, 2.24) is 10.2 Å². The molecule has 0 atom stereocenters. The number of amides is 1. The lowest BCUT2D eigenvalue weighted by Crippen LogP contribution is -2.53. The maximum Gasteiger partial charge on any atom is 0.240 e. The van der Waals surface area contributed by atoms with Gasteiger partial charge in [-0.1, -0.05) is 12.8 Å². The molecule has 0 bridgehead atoms. The summed E-state index contributed by atoms with van der Waals surface area (Å²) in [5.74, 6) is 0.717. The highest BCUT2D eigenvalue weighted by Crippen LogP contribution is 2.27. The van der Waals surface area contributed by atoms with Crippen LogP contribution < -0.4 is 11.1 Å². The summed E-state index contributed by atoms with van der Waals surface area (Å²) >= 11 is 0. The standard InChI is InChI=1S/C13H25N3O.2ClH/c1-16-8-4-11(5-9-16)10-15-12(17)13(14)6-2-3-7-13;;/h11H,2-10,14H2,1H3,(H,15,17);2*1H. The Hall–Kier alpha value is -0.0300. The molecular formula is C13H27Cl2N3O. The molecule has 3 N–H and O–H groups in total. The van der Waals surface area contributed by atoms with Crippen LogP contribution in [0.15, 0.2) is 0 Å². The normalized spacial score (nSPS) is 23.3. The summed E-state index contributed by atoms with van der Waals surface area (Å²) in [6.07, 6.45) is 6.28. The second-order valence-electron chi connectivity index (χ2n) is 5.82. The number of nitrogens with one attached hydrogen (secondary N) is 1. The molecule has 0 aromatic heterocycles. The molecule has 6 heteroatoms. The minimum Gasteiger partial charge on any atom is -0.354 e. The zero-order valence-corrected chi connectivity index (χ0v) is 13.3. The van der Waals surface area contributed by atoms with E-state index in [1.807, 2.05) is 0 Å². The molecular weight excluding hydrogens is 285 g/mol. The van der Waals surface area contributed by atoms with E-state index in [1.54, 1.807) is 0 Å². The van der Waals surface area contributed by atoms with Gasteiger partial charge in [-0.2, -0.15) is 0 Å². The van der Waals surface area contributed by atoms with Crippen molar-refractivity contribution in [2.45, 2.75) is 44.1 Å². The average molecular weight is 312 g/mol. The van der Waals surface area contributed by atoms with Crippen LogP contribution in [-0.2, 0) is 4.79 Å². The van der Waals surface area contributed by atoms with Crippen LogP contribution in [0.25, 0.3) is 0 Å². The predicted octanol–water partition coefficient (Wildman–Crippen LogP) is 1.56. The molecule has 0 unspecified atom stereocenters. The van der Waals surface area contributed by atoms with E-state index < -0.39 is 5.54 Å². The molecule has 0 aromatic rings. The van der Waals surface area contributed by atoms with Crippen LogP contribution in [0, 0.1) is 5.92 Å². The van der Waals surface area contributed by atoms with E-state index in [2.05, 4.69) is 17.3 Å². The Labute approximate surface area is 128 Å². The van der Waals surface area contributed by atoms with Crippen molar-refractivity contribution >= 4 is 30.7 Å². The van der Waals surface area contributed by atoms with E-state index in [4.69, 9.17) is 5.73 Å². The van der Waals surface area contributed by atoms with Crippen LogP contribution in [0.3, 0.4) is 0 Å². The number of rotatable bonds is 3. The van der Waals surface area contributed by atoms with Gasteiger partial charge in [-0.3, -0.25) is 4.79 Å². The maximum absolute atomic E-state index is 12.0. The smallest absolute Gasteiger partial charge is 0.240 e. The third-order valence-electron chi connectivity index (χ3n) is 4.34. The van der Waals surface area contributed by atoms with Crippen LogP contribution >= 0.6 is 24.8 Å². The molecule has 1 aliphatic heterocycles. The Bertz CT molecular complexity index is 275. The Morgan fingerprint density at radius 2 is 1.79 bits per heavy atom. The summed E-state index contributed by atoms with van der Waals surface area (Å²) in [5, 5.41) is 3.07. The first-order valence-corrected chi connectivity index (χ1v) is 6.86. The summed E-state index contributed by atoms with van der Waals surface area (Å²) in [4.78, 5) is 14.4. The third kappa shape index (κ3) is 5.10. The molecule has 1 amide bonds. The number of carbonyl (C=O) groups is 1. The first-order valence-electron chi connectivity index (χ1n) is 6.86. The van der Waals surface area contributed by atoms with E-state index >= 15 is 0 Å². The van der Waals surface area contributed by atoms with E-state index in [-0.39, 0.29) is 30.7 Å². The number of nitrogens with two attached hydrogens (primary N) is 1. The predicted molar refractivity (Wildman–Crippen MR) is 83.1 cm³/mol. The van der Waals surface area contributed by atoms with E-state index in [9.17, 15) is 4.79 Å². The van der Waals surface area contributed by atoms with Crippen molar-refractivity contribution in [1.29, 1.82) is 0 Å². The van der Waals surface area contributed by atoms with E-state index in [0.29, 0.717) is 5.92 Å². The average Bonchev–Trinajstić information content (AvgIpc) is 2.76. The molecule has 2 rings (SSSR count). The molecule has 1 saturated carbocycles. The van der Waals surface area contributed by atoms with Gasteiger partial charge >= 0.3 is 0 Å². The molecule has 0 aromatic carbocycles. The minimum atomic E-state index is -0.564. The highest BCUT2D eigenvalue weighted by molar-refractivity contribution is 5.86. The fourth-order valence-electron chi connectivity index (χ4n) is 2.91. The summed E-state index contributed by atoms with van der Waals surface area (Å²) < 4.78 is 0. The summed E-state index contributed by atoms with van der Waals surface area (Å²) in [6.45, 7) is 3.11. The SMILES string of the molecule is CN1CCC(CNC(=O)C2(N)CCCC2)CC1.Cl.Cl. The third-order valence-corrected chi connectivity index (χ3v) is 4.34. The number of hydrogen-bond acceptors (Lipinski definition) is 3. The quantitative estimate of drug-likeness (QED) is 0.831. The molecule has 0 spiro atoms. The van der Waals surface area contributed by atoms with Gasteiger partial charge in [0.15, 0.2) is 0 Å². The summed E-state index contributed by atoms with van der Waals surface area (Å²) in [6, 6.07) is 0. The van der Waals surface area contributed by atoms with Crippen LogP contribution in [0.5, 0.6) is 0 Å². The highest BCUT2D eigenvalue weighted by Gasteiger charge is 2.36. The second-order valence-corrected chi connectivity index (χ2v) is 5.82. The summed E-state index contributed by atoms with van der Waals surface area (Å²) in [5.41, 5.74) is 5.56. The van der Waals surface area contributed by atoms with Crippen LogP contribution in [0.4, 0.5) is 0 Å². The van der Waals surface area contributed by atoms with Crippen LogP contribution in [0.2, 0.25) is 0 Å². The van der Waals surface area contributed by atoms with Crippen LogP contribution in [0.1, 0.15) is 38.5 Å². The van der Waals surface area contributed by atoms with Gasteiger partial charge in [0.2, 0.25) is 5.91 Å². The number of likely N-dealkylation sites (tertiary alicyclic amines) is 1. The number of nitrogens with zero attached hydrogens (tertiary/aromatic N) is 1. The van der Waals surface area contributed by atoms with Crippen molar-refractivity contribution in [3.8, 4) is 0 Å². The maximum atomic E-state index is 12.0. The van der Waals surface area contributed by atoms with Crippen molar-refractivity contribution in [2.75, 3.05) is 26.7 Å². The Morgan fingerprint density at radius 1 is 1.26 bits per heavy atom. The van der Waals surface area contributed by atoms with E-state index in [0.717, 1.165) is 45.3 Å². The molecule has 19 heavy (non-hydrogen) atoms. The zero-order chi connectivity index (χ0) is 12.3. The highest BCUT2D eigenvalue weighted by atomic mass is 35.5. The lowest BCUT2D eigenvalue weighted by Gasteiger charge is -2.30. The number of halogens is 2. The fraction of sp³-hybridized carbons (Fsp3) is 0.923. The van der Waals surface area contributed by atoms with Crippen molar-refractivity contribution in [3.05, 3.63) is 0 Å². The lowest BCUT2D eigenvalue weighted by atomic mass is 9.95. The number of carbonyl (C=O) groups excluding carboxylic acids is 1. The van der Waals surface area contributed by atoms with Gasteiger partial charge in [0.25, 0.3) is 0 Å². The number of hydrogen-bond donors (Lipinski definition) is 2. The molecule has 4 nitrogen and oxygen atoms in total. The minimum absolute atomic E-state index is 0. The molecule has 1 aliphatic carbocycles. The Morgan fingerprint density at radius 3 is 2.32 bits per heavy atom. The monoisotopic (exact) mass is 311 g/mol. The fourth-order valence-corrected chi connectivity index (χ4v) is 2.91. The lowest BCUT2D eigenvalue weighted by molar-refractivity contribution is -0.126. The van der Waals surface area contributed by atoms with Gasteiger partial charge in [-0.15, -0.1) is 24.8 Å². The van der Waals surface area contributed by atoms with Gasteiger partial charge in [0.1, 0.15) is 0 Å². The molecule has 2 aliphatic rings. The first kappa shape index (κ1) is 19.0. The van der Waals surface area contributed by atoms with Gasteiger partial charge < -0.3 is 16.0 Å². The molecule has 1 saturated heterocycles. The van der Waals surface area contributed by atoms with Gasteiger partial charge in [0, 0.05) is 6.54 Å². The molecule has 0 radical (unpaired) electrons. The molecule has 2 fully saturated rings. The van der Waals surface area contributed by atoms with Crippen molar-refractivity contribution in [3.63, 3.8) is 0 Å². The number of piperidine rings is 1. The van der Waals surface area contributed by atoms with Crippen LogP contribution in [-0.4, -0.2) is 43.0 Å². The van der Waals surface area contributed by atoms with Gasteiger partial charge in [-0.05, 0) is 51.7 Å². The Balaban J connectivity index is 0.00000162. The van der Waals surface area contributed by atoms with Crippen molar-refractivity contribution < 1.29 is 4.79 Å². The first-order chi connectivity index (χ1) is 8.10. The zero-order valence-electron chi connectivity index (χ0n) is 11.7.